The number of benzene rings is 1. The van der Waals surface area contributed by atoms with Gasteiger partial charge >= 0.3 is 0 Å². The molecule has 1 aromatic carbocycles. The van der Waals surface area contributed by atoms with Crippen molar-refractivity contribution in [2.75, 3.05) is 30.9 Å². The van der Waals surface area contributed by atoms with E-state index in [-0.39, 0.29) is 5.60 Å². The van der Waals surface area contributed by atoms with Gasteiger partial charge in [-0.25, -0.2) is 0 Å². The molecule has 0 saturated carbocycles. The Morgan fingerprint density at radius 2 is 2.40 bits per heavy atom. The molecule has 3 rings (SSSR count). The molecule has 2 N–H and O–H groups in total. The molecular weight excluding hydrogens is 268 g/mol. The first kappa shape index (κ1) is 14.2. The number of thioether (sulfide) groups is 1. The number of hydrogen-bond donors (Lipinski definition) is 1. The smallest absolute Gasteiger partial charge is 0.0795 e. The predicted molar refractivity (Wildman–Crippen MR) is 86.0 cm³/mol. The van der Waals surface area contributed by atoms with Crippen molar-refractivity contribution in [1.29, 1.82) is 0 Å². The molecule has 2 aliphatic rings. The number of ether oxygens (including phenoxy) is 1. The minimum absolute atomic E-state index is 0.164. The predicted octanol–water partition coefficient (Wildman–Crippen LogP) is 2.76. The van der Waals surface area contributed by atoms with Crippen LogP contribution in [-0.4, -0.2) is 41.7 Å². The van der Waals surface area contributed by atoms with Gasteiger partial charge in [0.15, 0.2) is 0 Å². The van der Waals surface area contributed by atoms with Gasteiger partial charge in [0, 0.05) is 30.6 Å². The Kier molecular flexibility index (Phi) is 4.24. The van der Waals surface area contributed by atoms with Gasteiger partial charge in [-0.2, -0.15) is 11.8 Å². The van der Waals surface area contributed by atoms with Gasteiger partial charge in [-0.05, 0) is 49.8 Å². The lowest BCUT2D eigenvalue weighted by Gasteiger charge is -2.41. The van der Waals surface area contributed by atoms with Gasteiger partial charge in [-0.15, -0.1) is 0 Å². The molecule has 1 aromatic rings. The summed E-state index contributed by atoms with van der Waals surface area (Å²) >= 11 is 2.04. The average molecular weight is 292 g/mol. The molecule has 1 spiro atoms. The van der Waals surface area contributed by atoms with E-state index in [9.17, 15) is 0 Å². The minimum Gasteiger partial charge on any atom is -0.399 e. The first-order chi connectivity index (χ1) is 9.67. The van der Waals surface area contributed by atoms with Crippen LogP contribution in [-0.2, 0) is 11.3 Å². The molecule has 0 amide bonds. The second-order valence-corrected chi connectivity index (χ2v) is 7.25. The largest absolute Gasteiger partial charge is 0.399 e. The monoisotopic (exact) mass is 292 g/mol. The number of nitrogens with zero attached hydrogens (tertiary/aromatic N) is 1. The molecule has 2 saturated heterocycles. The SMILES string of the molecule is CN(Cc1cccc(N)c1)C1CCOC2(CCSC2)C1. The molecule has 2 atom stereocenters. The molecule has 2 fully saturated rings. The summed E-state index contributed by atoms with van der Waals surface area (Å²) in [4.78, 5) is 2.47. The van der Waals surface area contributed by atoms with Crippen LogP contribution in [0.15, 0.2) is 24.3 Å². The first-order valence-corrected chi connectivity index (χ1v) is 8.59. The lowest BCUT2D eigenvalue weighted by atomic mass is 9.89. The Morgan fingerprint density at radius 1 is 1.50 bits per heavy atom. The lowest BCUT2D eigenvalue weighted by Crippen LogP contribution is -2.47. The third-order valence-corrected chi connectivity index (χ3v) is 5.76. The molecule has 2 unspecified atom stereocenters. The Hall–Kier alpha value is -0.710. The summed E-state index contributed by atoms with van der Waals surface area (Å²) in [6.07, 6.45) is 3.55. The molecule has 0 radical (unpaired) electrons. The Balaban J connectivity index is 1.63. The summed E-state index contributed by atoms with van der Waals surface area (Å²) in [6.45, 7) is 1.88. The van der Waals surface area contributed by atoms with Crippen LogP contribution in [0.2, 0.25) is 0 Å². The van der Waals surface area contributed by atoms with Crippen molar-refractivity contribution in [2.24, 2.45) is 0 Å². The van der Waals surface area contributed by atoms with E-state index in [4.69, 9.17) is 10.5 Å². The van der Waals surface area contributed by atoms with E-state index in [1.54, 1.807) is 0 Å². The number of anilines is 1. The van der Waals surface area contributed by atoms with Crippen molar-refractivity contribution in [3.05, 3.63) is 29.8 Å². The van der Waals surface area contributed by atoms with E-state index >= 15 is 0 Å². The molecular formula is C16H24N2OS. The maximum Gasteiger partial charge on any atom is 0.0795 e. The summed E-state index contributed by atoms with van der Waals surface area (Å²) in [5.74, 6) is 2.43. The Labute approximate surface area is 125 Å². The molecule has 0 aromatic heterocycles. The summed E-state index contributed by atoms with van der Waals surface area (Å²) in [6, 6.07) is 8.86. The third kappa shape index (κ3) is 3.13. The van der Waals surface area contributed by atoms with Gasteiger partial charge in [-0.3, -0.25) is 4.90 Å². The maximum atomic E-state index is 6.11. The maximum absolute atomic E-state index is 6.11. The van der Waals surface area contributed by atoms with Gasteiger partial charge in [0.25, 0.3) is 0 Å². The van der Waals surface area contributed by atoms with Crippen LogP contribution < -0.4 is 5.73 Å². The van der Waals surface area contributed by atoms with E-state index in [1.807, 2.05) is 23.9 Å². The second-order valence-electron chi connectivity index (χ2n) is 6.14. The highest BCUT2D eigenvalue weighted by Gasteiger charge is 2.41. The zero-order chi connectivity index (χ0) is 14.0. The van der Waals surface area contributed by atoms with Crippen molar-refractivity contribution >= 4 is 17.4 Å². The van der Waals surface area contributed by atoms with Crippen molar-refractivity contribution in [3.63, 3.8) is 0 Å². The summed E-state index contributed by atoms with van der Waals surface area (Å²) in [7, 11) is 2.23. The van der Waals surface area contributed by atoms with E-state index < -0.39 is 0 Å². The summed E-state index contributed by atoms with van der Waals surface area (Å²) < 4.78 is 6.11. The summed E-state index contributed by atoms with van der Waals surface area (Å²) in [5, 5.41) is 0. The highest BCUT2D eigenvalue weighted by atomic mass is 32.2. The van der Waals surface area contributed by atoms with Gasteiger partial charge in [0.05, 0.1) is 5.60 Å². The highest BCUT2D eigenvalue weighted by molar-refractivity contribution is 7.99. The normalized spacial score (nSPS) is 30.2. The topological polar surface area (TPSA) is 38.5 Å². The van der Waals surface area contributed by atoms with Crippen molar-refractivity contribution < 1.29 is 4.74 Å². The average Bonchev–Trinajstić information content (AvgIpc) is 2.87. The molecule has 110 valence electrons. The van der Waals surface area contributed by atoms with Crippen LogP contribution >= 0.6 is 11.8 Å². The van der Waals surface area contributed by atoms with Crippen LogP contribution in [0, 0.1) is 0 Å². The zero-order valence-electron chi connectivity index (χ0n) is 12.2. The van der Waals surface area contributed by atoms with Gasteiger partial charge in [0.1, 0.15) is 0 Å². The molecule has 0 bridgehead atoms. The Bertz CT molecular complexity index is 460. The second kappa shape index (κ2) is 5.96. The molecule has 0 aliphatic carbocycles. The zero-order valence-corrected chi connectivity index (χ0v) is 13.0. The lowest BCUT2D eigenvalue weighted by molar-refractivity contribution is -0.0874. The number of rotatable bonds is 3. The van der Waals surface area contributed by atoms with Crippen LogP contribution in [0.4, 0.5) is 5.69 Å². The number of nitrogens with two attached hydrogens (primary N) is 1. The van der Waals surface area contributed by atoms with E-state index in [0.29, 0.717) is 6.04 Å². The third-order valence-electron chi connectivity index (χ3n) is 4.54. The van der Waals surface area contributed by atoms with Crippen LogP contribution in [0.25, 0.3) is 0 Å². The summed E-state index contributed by atoms with van der Waals surface area (Å²) in [5.41, 5.74) is 8.18. The van der Waals surface area contributed by atoms with Crippen LogP contribution in [0.1, 0.15) is 24.8 Å². The fourth-order valence-corrected chi connectivity index (χ4v) is 4.73. The minimum atomic E-state index is 0.164. The molecule has 4 heteroatoms. The van der Waals surface area contributed by atoms with E-state index in [2.05, 4.69) is 24.1 Å². The fraction of sp³-hybridized carbons (Fsp3) is 0.625. The number of hydrogen-bond acceptors (Lipinski definition) is 4. The van der Waals surface area contributed by atoms with Crippen LogP contribution in [0.3, 0.4) is 0 Å². The van der Waals surface area contributed by atoms with E-state index in [0.717, 1.165) is 25.3 Å². The van der Waals surface area contributed by atoms with Crippen molar-refractivity contribution in [1.82, 2.24) is 4.90 Å². The Morgan fingerprint density at radius 3 is 3.15 bits per heavy atom. The van der Waals surface area contributed by atoms with Crippen LogP contribution in [0.5, 0.6) is 0 Å². The standard InChI is InChI=1S/C16H24N2OS/c1-18(11-13-3-2-4-14(17)9-13)15-5-7-19-16(10-15)6-8-20-12-16/h2-4,9,15H,5-8,10-12,17H2,1H3. The first-order valence-electron chi connectivity index (χ1n) is 7.43. The quantitative estimate of drug-likeness (QED) is 0.870. The molecule has 20 heavy (non-hydrogen) atoms. The van der Waals surface area contributed by atoms with Crippen molar-refractivity contribution in [3.8, 4) is 0 Å². The highest BCUT2D eigenvalue weighted by Crippen LogP contribution is 2.39. The van der Waals surface area contributed by atoms with Gasteiger partial charge in [-0.1, -0.05) is 12.1 Å². The van der Waals surface area contributed by atoms with Gasteiger partial charge in [0.2, 0.25) is 0 Å². The number of nitrogen functional groups attached to an aromatic ring is 1. The molecule has 2 heterocycles. The van der Waals surface area contributed by atoms with E-state index in [1.165, 1.54) is 29.9 Å². The fourth-order valence-electron chi connectivity index (χ4n) is 3.35. The van der Waals surface area contributed by atoms with Crippen molar-refractivity contribution in [2.45, 2.75) is 37.5 Å². The van der Waals surface area contributed by atoms with Gasteiger partial charge < -0.3 is 10.5 Å². The molecule has 3 nitrogen and oxygen atoms in total. The molecule has 2 aliphatic heterocycles.